The maximum Gasteiger partial charge on any atom is 0.305 e. The number of nitrogens with zero attached hydrogens (tertiary/aromatic N) is 1. The van der Waals surface area contributed by atoms with Gasteiger partial charge in [0.15, 0.2) is 0 Å². The largest absolute Gasteiger partial charge is 0.481 e. The van der Waals surface area contributed by atoms with Crippen molar-refractivity contribution < 1.29 is 14.7 Å². The van der Waals surface area contributed by atoms with Crippen LogP contribution in [-0.2, 0) is 4.79 Å². The average molecular weight is 286 g/mol. The lowest BCUT2D eigenvalue weighted by atomic mass is 9.98. The van der Waals surface area contributed by atoms with Crippen LogP contribution in [0.4, 0.5) is 0 Å². The predicted molar refractivity (Wildman–Crippen MR) is 79.2 cm³/mol. The molecule has 2 aromatic rings. The van der Waals surface area contributed by atoms with E-state index >= 15 is 0 Å². The van der Waals surface area contributed by atoms with E-state index in [4.69, 9.17) is 5.11 Å². The van der Waals surface area contributed by atoms with E-state index in [0.29, 0.717) is 12.1 Å². The minimum Gasteiger partial charge on any atom is -0.481 e. The number of nitrogens with one attached hydrogen (secondary N) is 1. The van der Waals surface area contributed by atoms with Crippen molar-refractivity contribution in [2.75, 3.05) is 6.54 Å². The molecule has 1 atom stereocenters. The molecule has 2 heterocycles. The third kappa shape index (κ3) is 2.77. The molecule has 0 saturated carbocycles. The molecule has 5 heteroatoms. The number of aliphatic carboxylic acids is 1. The summed E-state index contributed by atoms with van der Waals surface area (Å²) in [7, 11) is 0. The molecule has 0 radical (unpaired) electrons. The average Bonchev–Trinajstić information content (AvgIpc) is 2.94. The summed E-state index contributed by atoms with van der Waals surface area (Å²) >= 11 is 0. The third-order valence-corrected chi connectivity index (χ3v) is 4.10. The number of carbonyl (C=O) groups is 2. The molecule has 0 bridgehead atoms. The Hall–Kier alpha value is -2.30. The van der Waals surface area contributed by atoms with Gasteiger partial charge in [0.2, 0.25) is 0 Å². The highest BCUT2D eigenvalue weighted by Gasteiger charge is 2.29. The summed E-state index contributed by atoms with van der Waals surface area (Å²) in [5, 5.41) is 10.0. The SMILES string of the molecule is O=C(O)CC1CCCCN1C(=O)c1ccc2[nH]ccc2c1. The number of fused-ring (bicyclic) bond motifs is 1. The summed E-state index contributed by atoms with van der Waals surface area (Å²) in [6, 6.07) is 7.29. The maximum absolute atomic E-state index is 12.7. The zero-order chi connectivity index (χ0) is 14.8. The Bertz CT molecular complexity index is 677. The van der Waals surface area contributed by atoms with Gasteiger partial charge in [-0.05, 0) is 43.5 Å². The molecule has 21 heavy (non-hydrogen) atoms. The van der Waals surface area contributed by atoms with Gasteiger partial charge in [0.25, 0.3) is 5.91 Å². The van der Waals surface area contributed by atoms with Crippen LogP contribution in [0.2, 0.25) is 0 Å². The molecule has 1 aromatic heterocycles. The van der Waals surface area contributed by atoms with Gasteiger partial charge in [-0.1, -0.05) is 0 Å². The van der Waals surface area contributed by atoms with Gasteiger partial charge in [-0.3, -0.25) is 9.59 Å². The standard InChI is InChI=1S/C16H18N2O3/c19-15(20)10-13-3-1-2-8-18(13)16(21)12-4-5-14-11(9-12)6-7-17-14/h4-7,9,13,17H,1-3,8,10H2,(H,19,20). The van der Waals surface area contributed by atoms with Gasteiger partial charge in [-0.2, -0.15) is 0 Å². The third-order valence-electron chi connectivity index (χ3n) is 4.10. The molecule has 0 aliphatic carbocycles. The number of aromatic amines is 1. The number of likely N-dealkylation sites (tertiary alicyclic amines) is 1. The van der Waals surface area contributed by atoms with E-state index in [9.17, 15) is 9.59 Å². The second-order valence-electron chi connectivity index (χ2n) is 5.53. The van der Waals surface area contributed by atoms with Crippen molar-refractivity contribution >= 4 is 22.8 Å². The number of benzene rings is 1. The summed E-state index contributed by atoms with van der Waals surface area (Å²) in [5.41, 5.74) is 1.62. The van der Waals surface area contributed by atoms with Crippen LogP contribution in [0.3, 0.4) is 0 Å². The zero-order valence-electron chi connectivity index (χ0n) is 11.7. The van der Waals surface area contributed by atoms with Crippen LogP contribution in [0.1, 0.15) is 36.0 Å². The van der Waals surface area contributed by atoms with E-state index in [-0.39, 0.29) is 18.4 Å². The molecule has 1 aromatic carbocycles. The van der Waals surface area contributed by atoms with E-state index in [1.54, 1.807) is 11.0 Å². The van der Waals surface area contributed by atoms with Crippen LogP contribution < -0.4 is 0 Å². The molecule has 0 spiro atoms. The molecule has 1 unspecified atom stereocenters. The predicted octanol–water partition coefficient (Wildman–Crippen LogP) is 2.64. The van der Waals surface area contributed by atoms with E-state index in [0.717, 1.165) is 30.2 Å². The van der Waals surface area contributed by atoms with Crippen molar-refractivity contribution in [2.45, 2.75) is 31.7 Å². The number of rotatable bonds is 3. The van der Waals surface area contributed by atoms with Crippen molar-refractivity contribution in [2.24, 2.45) is 0 Å². The number of piperidine rings is 1. The number of carboxylic acids is 1. The minimum atomic E-state index is -0.846. The molecule has 1 fully saturated rings. The lowest BCUT2D eigenvalue weighted by Gasteiger charge is -2.35. The monoisotopic (exact) mass is 286 g/mol. The van der Waals surface area contributed by atoms with E-state index in [2.05, 4.69) is 4.98 Å². The fourth-order valence-electron chi connectivity index (χ4n) is 3.03. The highest BCUT2D eigenvalue weighted by Crippen LogP contribution is 2.23. The molecule has 1 aliphatic rings. The van der Waals surface area contributed by atoms with Gasteiger partial charge in [0, 0.05) is 35.2 Å². The summed E-state index contributed by atoms with van der Waals surface area (Å²) in [5.74, 6) is -0.912. The molecule has 110 valence electrons. The quantitative estimate of drug-likeness (QED) is 0.911. The first-order valence-corrected chi connectivity index (χ1v) is 7.25. The normalized spacial score (nSPS) is 18.9. The van der Waals surface area contributed by atoms with Gasteiger partial charge >= 0.3 is 5.97 Å². The van der Waals surface area contributed by atoms with Crippen molar-refractivity contribution in [3.8, 4) is 0 Å². The summed E-state index contributed by atoms with van der Waals surface area (Å²) < 4.78 is 0. The Labute approximate surface area is 122 Å². The number of amides is 1. The Morgan fingerprint density at radius 1 is 1.29 bits per heavy atom. The van der Waals surface area contributed by atoms with E-state index in [1.807, 2.05) is 24.4 Å². The lowest BCUT2D eigenvalue weighted by molar-refractivity contribution is -0.138. The number of carboxylic acid groups (broad SMARTS) is 1. The lowest BCUT2D eigenvalue weighted by Crippen LogP contribution is -2.44. The molecular weight excluding hydrogens is 268 g/mol. The maximum atomic E-state index is 12.7. The van der Waals surface area contributed by atoms with Crippen LogP contribution in [-0.4, -0.2) is 39.5 Å². The highest BCUT2D eigenvalue weighted by atomic mass is 16.4. The minimum absolute atomic E-state index is 0.0259. The van der Waals surface area contributed by atoms with Crippen molar-refractivity contribution in [3.63, 3.8) is 0 Å². The van der Waals surface area contributed by atoms with Crippen LogP contribution in [0.15, 0.2) is 30.5 Å². The topological polar surface area (TPSA) is 73.4 Å². The summed E-state index contributed by atoms with van der Waals surface area (Å²) in [6.45, 7) is 0.641. The van der Waals surface area contributed by atoms with Crippen LogP contribution in [0.25, 0.3) is 10.9 Å². The Balaban J connectivity index is 1.85. The molecule has 1 aliphatic heterocycles. The van der Waals surface area contributed by atoms with Gasteiger partial charge in [0.05, 0.1) is 6.42 Å². The second kappa shape index (κ2) is 5.60. The van der Waals surface area contributed by atoms with Crippen molar-refractivity contribution in [1.82, 2.24) is 9.88 Å². The van der Waals surface area contributed by atoms with Gasteiger partial charge in [0.1, 0.15) is 0 Å². The highest BCUT2D eigenvalue weighted by molar-refractivity contribution is 5.98. The molecular formula is C16H18N2O3. The number of hydrogen-bond donors (Lipinski definition) is 2. The van der Waals surface area contributed by atoms with Gasteiger partial charge in [-0.15, -0.1) is 0 Å². The second-order valence-corrected chi connectivity index (χ2v) is 5.53. The van der Waals surface area contributed by atoms with Crippen molar-refractivity contribution in [3.05, 3.63) is 36.0 Å². The van der Waals surface area contributed by atoms with Crippen LogP contribution >= 0.6 is 0 Å². The molecule has 2 N–H and O–H groups in total. The fourth-order valence-corrected chi connectivity index (χ4v) is 3.03. The Morgan fingerprint density at radius 3 is 2.95 bits per heavy atom. The first kappa shape index (κ1) is 13.7. The Morgan fingerprint density at radius 2 is 2.14 bits per heavy atom. The van der Waals surface area contributed by atoms with Crippen LogP contribution in [0.5, 0.6) is 0 Å². The van der Waals surface area contributed by atoms with Crippen molar-refractivity contribution in [1.29, 1.82) is 0 Å². The van der Waals surface area contributed by atoms with Gasteiger partial charge < -0.3 is 15.0 Å². The fraction of sp³-hybridized carbons (Fsp3) is 0.375. The summed E-state index contributed by atoms with van der Waals surface area (Å²) in [6.07, 6.45) is 4.56. The van der Waals surface area contributed by atoms with E-state index in [1.165, 1.54) is 0 Å². The first-order chi connectivity index (χ1) is 10.1. The molecule has 3 rings (SSSR count). The number of aromatic nitrogens is 1. The van der Waals surface area contributed by atoms with E-state index < -0.39 is 5.97 Å². The molecule has 5 nitrogen and oxygen atoms in total. The molecule has 1 saturated heterocycles. The smallest absolute Gasteiger partial charge is 0.305 e. The summed E-state index contributed by atoms with van der Waals surface area (Å²) in [4.78, 5) is 28.5. The zero-order valence-corrected chi connectivity index (χ0v) is 11.7. The number of carbonyl (C=O) groups excluding carboxylic acids is 1. The molecule has 1 amide bonds. The number of H-pyrrole nitrogens is 1. The van der Waals surface area contributed by atoms with Gasteiger partial charge in [-0.25, -0.2) is 0 Å². The first-order valence-electron chi connectivity index (χ1n) is 7.25. The number of hydrogen-bond acceptors (Lipinski definition) is 2. The van der Waals surface area contributed by atoms with Crippen LogP contribution in [0, 0.1) is 0 Å². The Kier molecular flexibility index (Phi) is 3.64.